The lowest BCUT2D eigenvalue weighted by atomic mass is 10.1. The zero-order chi connectivity index (χ0) is 12.1. The van der Waals surface area contributed by atoms with Crippen molar-refractivity contribution in [3.05, 3.63) is 11.6 Å². The second kappa shape index (κ2) is 5.63. The zero-order valence-electron chi connectivity index (χ0n) is 10.1. The summed E-state index contributed by atoms with van der Waals surface area (Å²) in [6.45, 7) is 6.85. The molecule has 0 aromatic carbocycles. The van der Waals surface area contributed by atoms with Crippen LogP contribution in [0.1, 0.15) is 38.3 Å². The fourth-order valence-electron chi connectivity index (χ4n) is 1.62. The Morgan fingerprint density at radius 2 is 2.12 bits per heavy atom. The number of carboxylic acids is 1. The Labute approximate surface area is 95.5 Å². The molecule has 0 spiro atoms. The Kier molecular flexibility index (Phi) is 4.46. The minimum Gasteiger partial charge on any atom is -0.481 e. The van der Waals surface area contributed by atoms with Crippen LogP contribution >= 0.6 is 0 Å². The molecule has 5 heteroatoms. The fraction of sp³-hybridized carbons (Fsp3) is 0.727. The van der Waals surface area contributed by atoms with Crippen LogP contribution in [0, 0.1) is 12.8 Å². The highest BCUT2D eigenvalue weighted by molar-refractivity contribution is 5.66. The first kappa shape index (κ1) is 12.7. The van der Waals surface area contributed by atoms with E-state index in [-0.39, 0.29) is 6.42 Å². The maximum atomic E-state index is 10.4. The molecule has 0 aliphatic heterocycles. The number of rotatable bonds is 6. The van der Waals surface area contributed by atoms with Gasteiger partial charge in [-0.2, -0.15) is 0 Å². The van der Waals surface area contributed by atoms with Gasteiger partial charge in [-0.3, -0.25) is 4.79 Å². The van der Waals surface area contributed by atoms with E-state index in [1.165, 1.54) is 0 Å². The van der Waals surface area contributed by atoms with E-state index in [4.69, 9.17) is 5.11 Å². The van der Waals surface area contributed by atoms with Crippen molar-refractivity contribution < 1.29 is 9.90 Å². The van der Waals surface area contributed by atoms with Gasteiger partial charge in [0, 0.05) is 19.4 Å². The SMILES string of the molecule is Cc1nnc(CC(C)C)n1CCCC(=O)O. The molecule has 90 valence electrons. The molecule has 0 saturated carbocycles. The van der Waals surface area contributed by atoms with Gasteiger partial charge in [0.05, 0.1) is 0 Å². The van der Waals surface area contributed by atoms with E-state index in [0.717, 1.165) is 18.1 Å². The fourth-order valence-corrected chi connectivity index (χ4v) is 1.62. The number of hydrogen-bond donors (Lipinski definition) is 1. The van der Waals surface area contributed by atoms with Crippen molar-refractivity contribution >= 4 is 5.97 Å². The van der Waals surface area contributed by atoms with Crippen molar-refractivity contribution in [1.29, 1.82) is 0 Å². The molecule has 0 aliphatic carbocycles. The second-order valence-corrected chi connectivity index (χ2v) is 4.41. The maximum absolute atomic E-state index is 10.4. The smallest absolute Gasteiger partial charge is 0.303 e. The summed E-state index contributed by atoms with van der Waals surface area (Å²) in [6.07, 6.45) is 1.70. The van der Waals surface area contributed by atoms with Crippen LogP contribution in [0.25, 0.3) is 0 Å². The summed E-state index contributed by atoms with van der Waals surface area (Å²) < 4.78 is 2.02. The van der Waals surface area contributed by atoms with Gasteiger partial charge in [-0.15, -0.1) is 10.2 Å². The molecule has 0 radical (unpaired) electrons. The molecule has 0 aliphatic rings. The molecule has 1 heterocycles. The average molecular weight is 225 g/mol. The first-order chi connectivity index (χ1) is 7.50. The molecule has 5 nitrogen and oxygen atoms in total. The highest BCUT2D eigenvalue weighted by atomic mass is 16.4. The van der Waals surface area contributed by atoms with E-state index in [9.17, 15) is 4.79 Å². The number of hydrogen-bond acceptors (Lipinski definition) is 3. The van der Waals surface area contributed by atoms with Crippen LogP contribution in [0.5, 0.6) is 0 Å². The van der Waals surface area contributed by atoms with Crippen LogP contribution in [-0.2, 0) is 17.8 Å². The van der Waals surface area contributed by atoms with Crippen LogP contribution in [0.15, 0.2) is 0 Å². The van der Waals surface area contributed by atoms with E-state index in [0.29, 0.717) is 18.9 Å². The minimum absolute atomic E-state index is 0.193. The molecular formula is C11H19N3O2. The van der Waals surface area contributed by atoms with E-state index < -0.39 is 5.97 Å². The minimum atomic E-state index is -0.754. The van der Waals surface area contributed by atoms with Gasteiger partial charge in [0.1, 0.15) is 11.6 Å². The molecule has 1 rings (SSSR count). The number of aromatic nitrogens is 3. The van der Waals surface area contributed by atoms with Crippen molar-refractivity contribution in [2.24, 2.45) is 5.92 Å². The third-order valence-electron chi connectivity index (χ3n) is 2.38. The molecule has 0 fully saturated rings. The second-order valence-electron chi connectivity index (χ2n) is 4.41. The summed E-state index contributed by atoms with van der Waals surface area (Å²) in [7, 11) is 0. The van der Waals surface area contributed by atoms with Gasteiger partial charge in [-0.1, -0.05) is 13.8 Å². The van der Waals surface area contributed by atoms with Gasteiger partial charge in [-0.25, -0.2) is 0 Å². The topological polar surface area (TPSA) is 68.0 Å². The first-order valence-corrected chi connectivity index (χ1v) is 5.61. The Bertz CT molecular complexity index is 358. The van der Waals surface area contributed by atoms with Crippen LogP contribution in [-0.4, -0.2) is 25.8 Å². The van der Waals surface area contributed by atoms with E-state index >= 15 is 0 Å². The number of carboxylic acid groups (broad SMARTS) is 1. The Hall–Kier alpha value is -1.39. The quantitative estimate of drug-likeness (QED) is 0.799. The van der Waals surface area contributed by atoms with E-state index in [1.54, 1.807) is 0 Å². The first-order valence-electron chi connectivity index (χ1n) is 5.61. The molecule has 0 amide bonds. The zero-order valence-corrected chi connectivity index (χ0v) is 10.1. The third kappa shape index (κ3) is 3.64. The predicted molar refractivity (Wildman–Crippen MR) is 60.2 cm³/mol. The number of nitrogens with zero attached hydrogens (tertiary/aromatic N) is 3. The van der Waals surface area contributed by atoms with Crippen molar-refractivity contribution in [1.82, 2.24) is 14.8 Å². The molecule has 16 heavy (non-hydrogen) atoms. The summed E-state index contributed by atoms with van der Waals surface area (Å²) in [5, 5.41) is 16.7. The molecule has 0 unspecified atom stereocenters. The van der Waals surface area contributed by atoms with Crippen LogP contribution < -0.4 is 0 Å². The Morgan fingerprint density at radius 1 is 1.44 bits per heavy atom. The Balaban J connectivity index is 2.62. The molecule has 0 bridgehead atoms. The molecule has 1 aromatic heterocycles. The maximum Gasteiger partial charge on any atom is 0.303 e. The largest absolute Gasteiger partial charge is 0.481 e. The standard InChI is InChI=1S/C11H19N3O2/c1-8(2)7-10-13-12-9(3)14(10)6-4-5-11(15)16/h8H,4-7H2,1-3H3,(H,15,16). The van der Waals surface area contributed by atoms with Crippen LogP contribution in [0.4, 0.5) is 0 Å². The number of aliphatic carboxylic acids is 1. The highest BCUT2D eigenvalue weighted by Crippen LogP contribution is 2.09. The monoisotopic (exact) mass is 225 g/mol. The van der Waals surface area contributed by atoms with Gasteiger partial charge in [0.15, 0.2) is 0 Å². The van der Waals surface area contributed by atoms with Gasteiger partial charge < -0.3 is 9.67 Å². The number of aryl methyl sites for hydroxylation is 1. The van der Waals surface area contributed by atoms with Crippen LogP contribution in [0.2, 0.25) is 0 Å². The third-order valence-corrected chi connectivity index (χ3v) is 2.38. The molecule has 1 aromatic rings. The summed E-state index contributed by atoms with van der Waals surface area (Å²) in [5.74, 6) is 1.59. The van der Waals surface area contributed by atoms with Crippen LogP contribution in [0.3, 0.4) is 0 Å². The lowest BCUT2D eigenvalue weighted by molar-refractivity contribution is -0.137. The number of carbonyl (C=O) groups is 1. The molecule has 0 atom stereocenters. The van der Waals surface area contributed by atoms with Gasteiger partial charge in [0.2, 0.25) is 0 Å². The predicted octanol–water partition coefficient (Wildman–Crippen LogP) is 1.65. The van der Waals surface area contributed by atoms with Gasteiger partial charge in [-0.05, 0) is 19.3 Å². The summed E-state index contributed by atoms with van der Waals surface area (Å²) in [4.78, 5) is 10.4. The van der Waals surface area contributed by atoms with E-state index in [1.807, 2.05) is 11.5 Å². The summed E-state index contributed by atoms with van der Waals surface area (Å²) in [6, 6.07) is 0. The van der Waals surface area contributed by atoms with Gasteiger partial charge >= 0.3 is 5.97 Å². The van der Waals surface area contributed by atoms with Crippen molar-refractivity contribution in [2.75, 3.05) is 0 Å². The van der Waals surface area contributed by atoms with E-state index in [2.05, 4.69) is 24.0 Å². The normalized spacial score (nSPS) is 11.0. The molecular weight excluding hydrogens is 206 g/mol. The summed E-state index contributed by atoms with van der Waals surface area (Å²) >= 11 is 0. The van der Waals surface area contributed by atoms with Gasteiger partial charge in [0.25, 0.3) is 0 Å². The summed E-state index contributed by atoms with van der Waals surface area (Å²) in [5.41, 5.74) is 0. The van der Waals surface area contributed by atoms with Crippen molar-refractivity contribution in [3.63, 3.8) is 0 Å². The molecule has 1 N–H and O–H groups in total. The highest BCUT2D eigenvalue weighted by Gasteiger charge is 2.10. The van der Waals surface area contributed by atoms with Crippen molar-refractivity contribution in [2.45, 2.75) is 46.6 Å². The lowest BCUT2D eigenvalue weighted by Crippen LogP contribution is -2.09. The van der Waals surface area contributed by atoms with Crippen molar-refractivity contribution in [3.8, 4) is 0 Å². The average Bonchev–Trinajstić information content (AvgIpc) is 2.48. The Morgan fingerprint density at radius 3 is 2.69 bits per heavy atom. The lowest BCUT2D eigenvalue weighted by Gasteiger charge is -2.09. The molecule has 0 saturated heterocycles.